The van der Waals surface area contributed by atoms with E-state index in [1.165, 1.54) is 6.33 Å². The first-order valence-corrected chi connectivity index (χ1v) is 6.83. The maximum Gasteiger partial charge on any atom is 0.165 e. The number of hydrogen-bond donors (Lipinski definition) is 1. The van der Waals surface area contributed by atoms with Crippen LogP contribution in [0.3, 0.4) is 0 Å². The number of hydrogen-bond acceptors (Lipinski definition) is 4. The fourth-order valence-corrected chi connectivity index (χ4v) is 2.29. The fourth-order valence-electron chi connectivity index (χ4n) is 2.29. The van der Waals surface area contributed by atoms with Crippen molar-refractivity contribution in [2.45, 2.75) is 26.3 Å². The Bertz CT molecular complexity index is 718. The first-order chi connectivity index (χ1) is 9.81. The lowest BCUT2D eigenvalue weighted by atomic mass is 10.2. The van der Waals surface area contributed by atoms with Gasteiger partial charge in [-0.15, -0.1) is 0 Å². The maximum atomic E-state index is 5.92. The van der Waals surface area contributed by atoms with E-state index in [0.717, 1.165) is 36.4 Å². The van der Waals surface area contributed by atoms with Gasteiger partial charge in [-0.2, -0.15) is 0 Å². The van der Waals surface area contributed by atoms with Crippen LogP contribution in [0.4, 0.5) is 5.82 Å². The second-order valence-electron chi connectivity index (χ2n) is 4.74. The van der Waals surface area contributed by atoms with Crippen molar-refractivity contribution in [3.05, 3.63) is 36.7 Å². The summed E-state index contributed by atoms with van der Waals surface area (Å²) in [7, 11) is 0. The Labute approximate surface area is 117 Å². The van der Waals surface area contributed by atoms with Gasteiger partial charge in [0, 0.05) is 12.1 Å². The predicted molar refractivity (Wildman–Crippen MR) is 80.1 cm³/mol. The van der Waals surface area contributed by atoms with Crippen molar-refractivity contribution < 1.29 is 0 Å². The van der Waals surface area contributed by atoms with E-state index in [-0.39, 0.29) is 0 Å². The number of nitrogens with two attached hydrogens (primary N) is 1. The molecule has 0 bridgehead atoms. The topological polar surface area (TPSA) is 69.6 Å². The van der Waals surface area contributed by atoms with Crippen molar-refractivity contribution in [1.82, 2.24) is 19.5 Å². The van der Waals surface area contributed by atoms with E-state index in [0.29, 0.717) is 11.3 Å². The molecular weight excluding hydrogens is 250 g/mol. The number of rotatable bonds is 4. The number of aryl methyl sites for hydroxylation is 1. The van der Waals surface area contributed by atoms with Crippen LogP contribution in [0.5, 0.6) is 0 Å². The molecular formula is C15H17N5. The molecule has 3 aromatic rings. The van der Waals surface area contributed by atoms with Crippen LogP contribution in [-0.4, -0.2) is 19.5 Å². The van der Waals surface area contributed by atoms with Crippen LogP contribution in [0, 0.1) is 0 Å². The second-order valence-corrected chi connectivity index (χ2v) is 4.74. The monoisotopic (exact) mass is 267 g/mol. The van der Waals surface area contributed by atoms with Crippen molar-refractivity contribution >= 4 is 17.0 Å². The Balaban J connectivity index is 2.22. The molecule has 0 aliphatic carbocycles. The molecule has 0 amide bonds. The number of aromatic nitrogens is 4. The van der Waals surface area contributed by atoms with Crippen LogP contribution in [0.15, 0.2) is 36.7 Å². The van der Waals surface area contributed by atoms with Gasteiger partial charge in [-0.25, -0.2) is 15.0 Å². The van der Waals surface area contributed by atoms with Gasteiger partial charge in [-0.3, -0.25) is 0 Å². The van der Waals surface area contributed by atoms with E-state index < -0.39 is 0 Å². The van der Waals surface area contributed by atoms with Crippen LogP contribution in [0.2, 0.25) is 0 Å². The van der Waals surface area contributed by atoms with E-state index in [1.807, 2.05) is 30.3 Å². The van der Waals surface area contributed by atoms with Crippen molar-refractivity contribution in [3.63, 3.8) is 0 Å². The average molecular weight is 267 g/mol. The van der Waals surface area contributed by atoms with Gasteiger partial charge in [0.25, 0.3) is 0 Å². The van der Waals surface area contributed by atoms with Gasteiger partial charge in [-0.05, 0) is 6.42 Å². The van der Waals surface area contributed by atoms with E-state index >= 15 is 0 Å². The summed E-state index contributed by atoms with van der Waals surface area (Å²) in [4.78, 5) is 13.0. The minimum absolute atomic E-state index is 0.433. The molecule has 0 fully saturated rings. The molecule has 0 unspecified atom stereocenters. The molecule has 0 aliphatic heterocycles. The Morgan fingerprint density at radius 2 is 1.95 bits per heavy atom. The largest absolute Gasteiger partial charge is 0.382 e. The van der Waals surface area contributed by atoms with Gasteiger partial charge < -0.3 is 10.3 Å². The Morgan fingerprint density at radius 1 is 1.15 bits per heavy atom. The summed E-state index contributed by atoms with van der Waals surface area (Å²) in [6.45, 7) is 3.05. The molecule has 5 nitrogen and oxygen atoms in total. The molecule has 0 radical (unpaired) electrons. The van der Waals surface area contributed by atoms with Gasteiger partial charge in [0.05, 0.1) is 0 Å². The zero-order valence-corrected chi connectivity index (χ0v) is 11.5. The number of anilines is 1. The van der Waals surface area contributed by atoms with Crippen LogP contribution < -0.4 is 5.73 Å². The summed E-state index contributed by atoms with van der Waals surface area (Å²) in [5, 5.41) is 0. The zero-order valence-electron chi connectivity index (χ0n) is 11.5. The highest BCUT2D eigenvalue weighted by atomic mass is 15.2. The normalized spacial score (nSPS) is 11.1. The second kappa shape index (κ2) is 5.28. The number of unbranched alkanes of at least 4 members (excludes halogenated alkanes) is 1. The van der Waals surface area contributed by atoms with Crippen molar-refractivity contribution in [3.8, 4) is 11.4 Å². The SMILES string of the molecule is CCCCn1c(-c2ccccc2)nc2c(N)ncnc21. The summed E-state index contributed by atoms with van der Waals surface area (Å²) in [6.07, 6.45) is 3.69. The average Bonchev–Trinajstić information content (AvgIpc) is 2.86. The molecule has 2 aromatic heterocycles. The molecule has 102 valence electrons. The molecule has 0 saturated heterocycles. The van der Waals surface area contributed by atoms with E-state index in [2.05, 4.69) is 26.4 Å². The molecule has 5 heteroatoms. The maximum absolute atomic E-state index is 5.92. The van der Waals surface area contributed by atoms with Crippen molar-refractivity contribution in [1.29, 1.82) is 0 Å². The summed E-state index contributed by atoms with van der Waals surface area (Å²) in [5.41, 5.74) is 8.48. The van der Waals surface area contributed by atoms with Gasteiger partial charge in [0.1, 0.15) is 12.2 Å². The third-order valence-corrected chi connectivity index (χ3v) is 3.33. The zero-order chi connectivity index (χ0) is 13.9. The lowest BCUT2D eigenvalue weighted by Crippen LogP contribution is -2.02. The molecule has 0 aliphatic rings. The highest BCUT2D eigenvalue weighted by molar-refractivity contribution is 5.85. The minimum atomic E-state index is 0.433. The smallest absolute Gasteiger partial charge is 0.165 e. The van der Waals surface area contributed by atoms with Crippen LogP contribution in [0.1, 0.15) is 19.8 Å². The Hall–Kier alpha value is -2.43. The summed E-state index contributed by atoms with van der Waals surface area (Å²) in [5.74, 6) is 1.34. The van der Waals surface area contributed by atoms with Crippen LogP contribution >= 0.6 is 0 Å². The number of nitrogens with zero attached hydrogens (tertiary/aromatic N) is 4. The standard InChI is InChI=1S/C15H17N5/c1-2-3-9-20-14(11-7-5-4-6-8-11)19-12-13(16)17-10-18-15(12)20/h4-8,10H,2-3,9H2,1H3,(H2,16,17,18). The molecule has 3 rings (SSSR count). The lowest BCUT2D eigenvalue weighted by Gasteiger charge is -2.07. The fraction of sp³-hybridized carbons (Fsp3) is 0.267. The molecule has 2 heterocycles. The lowest BCUT2D eigenvalue weighted by molar-refractivity contribution is 0.647. The molecule has 2 N–H and O–H groups in total. The van der Waals surface area contributed by atoms with E-state index in [1.54, 1.807) is 0 Å². The third kappa shape index (κ3) is 2.11. The number of benzene rings is 1. The summed E-state index contributed by atoms with van der Waals surface area (Å²) >= 11 is 0. The number of nitrogen functional groups attached to an aromatic ring is 1. The van der Waals surface area contributed by atoms with E-state index in [4.69, 9.17) is 5.73 Å². The Kier molecular flexibility index (Phi) is 3.33. The highest BCUT2D eigenvalue weighted by Crippen LogP contribution is 2.25. The number of imidazole rings is 1. The first kappa shape index (κ1) is 12.6. The molecule has 20 heavy (non-hydrogen) atoms. The van der Waals surface area contributed by atoms with Crippen LogP contribution in [0.25, 0.3) is 22.6 Å². The molecule has 0 spiro atoms. The highest BCUT2D eigenvalue weighted by Gasteiger charge is 2.15. The summed E-state index contributed by atoms with van der Waals surface area (Å²) < 4.78 is 2.13. The third-order valence-electron chi connectivity index (χ3n) is 3.33. The molecule has 0 saturated carbocycles. The minimum Gasteiger partial charge on any atom is -0.382 e. The molecule has 0 atom stereocenters. The van der Waals surface area contributed by atoms with Crippen molar-refractivity contribution in [2.75, 3.05) is 5.73 Å². The first-order valence-electron chi connectivity index (χ1n) is 6.83. The Morgan fingerprint density at radius 3 is 2.70 bits per heavy atom. The quantitative estimate of drug-likeness (QED) is 0.789. The van der Waals surface area contributed by atoms with Gasteiger partial charge in [0.15, 0.2) is 17.0 Å². The van der Waals surface area contributed by atoms with Crippen molar-refractivity contribution in [2.24, 2.45) is 0 Å². The van der Waals surface area contributed by atoms with Gasteiger partial charge in [-0.1, -0.05) is 43.7 Å². The van der Waals surface area contributed by atoms with E-state index in [9.17, 15) is 0 Å². The molecule has 1 aromatic carbocycles. The van der Waals surface area contributed by atoms with Gasteiger partial charge >= 0.3 is 0 Å². The number of fused-ring (bicyclic) bond motifs is 1. The summed E-state index contributed by atoms with van der Waals surface area (Å²) in [6, 6.07) is 10.1. The van der Waals surface area contributed by atoms with Gasteiger partial charge in [0.2, 0.25) is 0 Å². The van der Waals surface area contributed by atoms with Crippen LogP contribution in [-0.2, 0) is 6.54 Å². The predicted octanol–water partition coefficient (Wildman–Crippen LogP) is 2.88.